The first kappa shape index (κ1) is 15.2. The molecular weight excluding hydrogens is 270 g/mol. The lowest BCUT2D eigenvalue weighted by Gasteiger charge is -2.09. The second-order valence-electron chi connectivity index (χ2n) is 4.48. The molecule has 0 saturated carbocycles. The van der Waals surface area contributed by atoms with Crippen LogP contribution < -0.4 is 5.73 Å². The lowest BCUT2D eigenvalue weighted by atomic mass is 10.2. The molecule has 2 rings (SSSR count). The van der Waals surface area contributed by atoms with E-state index in [2.05, 4.69) is 5.10 Å². The number of nitrogens with two attached hydrogens (primary N) is 1. The molecule has 6 nitrogen and oxygen atoms in total. The zero-order valence-electron chi connectivity index (χ0n) is 11.9. The Morgan fingerprint density at radius 2 is 2.14 bits per heavy atom. The molecule has 112 valence electrons. The first-order valence-corrected chi connectivity index (χ1v) is 6.79. The van der Waals surface area contributed by atoms with Gasteiger partial charge in [-0.25, -0.2) is 9.48 Å². The molecule has 0 saturated heterocycles. The SMILES string of the molecule is CCOC(=O)COCC(N)c1cnn(-c2ccccc2)c1. The van der Waals surface area contributed by atoms with Crippen LogP contribution in [0.25, 0.3) is 5.69 Å². The van der Waals surface area contributed by atoms with Crippen molar-refractivity contribution in [3.05, 3.63) is 48.3 Å². The van der Waals surface area contributed by atoms with Crippen molar-refractivity contribution in [1.29, 1.82) is 0 Å². The Labute approximate surface area is 123 Å². The zero-order valence-corrected chi connectivity index (χ0v) is 11.9. The standard InChI is InChI=1S/C15H19N3O3/c1-2-21-15(19)11-20-10-14(16)12-8-17-18(9-12)13-6-4-3-5-7-13/h3-9,14H,2,10-11,16H2,1H3. The molecule has 0 radical (unpaired) electrons. The largest absolute Gasteiger partial charge is 0.464 e. The minimum atomic E-state index is -0.385. The van der Waals surface area contributed by atoms with Crippen molar-refractivity contribution in [2.45, 2.75) is 13.0 Å². The number of aromatic nitrogens is 2. The molecule has 0 aliphatic rings. The van der Waals surface area contributed by atoms with Crippen molar-refractivity contribution in [1.82, 2.24) is 9.78 Å². The highest BCUT2D eigenvalue weighted by molar-refractivity contribution is 5.70. The monoisotopic (exact) mass is 289 g/mol. The molecule has 0 spiro atoms. The second-order valence-corrected chi connectivity index (χ2v) is 4.48. The van der Waals surface area contributed by atoms with Gasteiger partial charge in [-0.2, -0.15) is 5.10 Å². The molecule has 2 aromatic rings. The van der Waals surface area contributed by atoms with Gasteiger partial charge >= 0.3 is 5.97 Å². The summed E-state index contributed by atoms with van der Waals surface area (Å²) in [5.41, 5.74) is 7.83. The van der Waals surface area contributed by atoms with Gasteiger partial charge in [-0.15, -0.1) is 0 Å². The van der Waals surface area contributed by atoms with Gasteiger partial charge in [-0.05, 0) is 19.1 Å². The predicted molar refractivity (Wildman–Crippen MR) is 77.9 cm³/mol. The first-order valence-electron chi connectivity index (χ1n) is 6.79. The van der Waals surface area contributed by atoms with Crippen LogP contribution in [0.3, 0.4) is 0 Å². The van der Waals surface area contributed by atoms with E-state index in [1.54, 1.807) is 17.8 Å². The number of benzene rings is 1. The number of esters is 1. The molecule has 0 aliphatic carbocycles. The molecule has 1 atom stereocenters. The van der Waals surface area contributed by atoms with E-state index in [0.717, 1.165) is 11.3 Å². The number of hydrogen-bond acceptors (Lipinski definition) is 5. The summed E-state index contributed by atoms with van der Waals surface area (Å²) in [4.78, 5) is 11.1. The Morgan fingerprint density at radius 1 is 1.38 bits per heavy atom. The van der Waals surface area contributed by atoms with Crippen LogP contribution in [-0.2, 0) is 14.3 Å². The molecule has 0 aliphatic heterocycles. The predicted octanol–water partition coefficient (Wildman–Crippen LogP) is 1.45. The molecular formula is C15H19N3O3. The Balaban J connectivity index is 1.88. The number of carbonyl (C=O) groups excluding carboxylic acids is 1. The fourth-order valence-corrected chi connectivity index (χ4v) is 1.82. The van der Waals surface area contributed by atoms with Crippen LogP contribution >= 0.6 is 0 Å². The maximum absolute atomic E-state index is 11.1. The average molecular weight is 289 g/mol. The van der Waals surface area contributed by atoms with Crippen LogP contribution in [0.15, 0.2) is 42.7 Å². The molecule has 1 unspecified atom stereocenters. The highest BCUT2D eigenvalue weighted by Crippen LogP contribution is 2.13. The Morgan fingerprint density at radius 3 is 2.86 bits per heavy atom. The lowest BCUT2D eigenvalue weighted by molar-refractivity contribution is -0.148. The Kier molecular flexibility index (Phi) is 5.48. The highest BCUT2D eigenvalue weighted by atomic mass is 16.6. The number of rotatable bonds is 7. The van der Waals surface area contributed by atoms with E-state index >= 15 is 0 Å². The van der Waals surface area contributed by atoms with Gasteiger partial charge in [-0.1, -0.05) is 18.2 Å². The van der Waals surface area contributed by atoms with Crippen LogP contribution in [0, 0.1) is 0 Å². The topological polar surface area (TPSA) is 79.4 Å². The van der Waals surface area contributed by atoms with Crippen LogP contribution in [0.2, 0.25) is 0 Å². The second kappa shape index (κ2) is 7.56. The van der Waals surface area contributed by atoms with Crippen molar-refractivity contribution >= 4 is 5.97 Å². The molecule has 1 heterocycles. The molecule has 0 amide bonds. The van der Waals surface area contributed by atoms with E-state index in [9.17, 15) is 4.79 Å². The van der Waals surface area contributed by atoms with Gasteiger partial charge in [0.05, 0.1) is 31.1 Å². The molecule has 21 heavy (non-hydrogen) atoms. The van der Waals surface area contributed by atoms with Crippen molar-refractivity contribution in [2.75, 3.05) is 19.8 Å². The molecule has 0 bridgehead atoms. The van der Waals surface area contributed by atoms with Gasteiger partial charge in [0.15, 0.2) is 0 Å². The number of para-hydroxylation sites is 1. The maximum Gasteiger partial charge on any atom is 0.332 e. The van der Waals surface area contributed by atoms with Crippen molar-refractivity contribution in [2.24, 2.45) is 5.73 Å². The van der Waals surface area contributed by atoms with E-state index in [0.29, 0.717) is 6.61 Å². The van der Waals surface area contributed by atoms with Crippen LogP contribution in [0.1, 0.15) is 18.5 Å². The van der Waals surface area contributed by atoms with E-state index < -0.39 is 0 Å². The summed E-state index contributed by atoms with van der Waals surface area (Å²) in [7, 11) is 0. The summed E-state index contributed by atoms with van der Waals surface area (Å²) in [5.74, 6) is -0.385. The van der Waals surface area contributed by atoms with Gasteiger partial charge in [-0.3, -0.25) is 0 Å². The van der Waals surface area contributed by atoms with Gasteiger partial charge in [0.2, 0.25) is 0 Å². The third-order valence-electron chi connectivity index (χ3n) is 2.87. The van der Waals surface area contributed by atoms with Crippen LogP contribution in [0.4, 0.5) is 0 Å². The fourth-order valence-electron chi connectivity index (χ4n) is 1.82. The summed E-state index contributed by atoms with van der Waals surface area (Å²) >= 11 is 0. The number of nitrogens with zero attached hydrogens (tertiary/aromatic N) is 2. The molecule has 6 heteroatoms. The third-order valence-corrected chi connectivity index (χ3v) is 2.87. The smallest absolute Gasteiger partial charge is 0.332 e. The summed E-state index contributed by atoms with van der Waals surface area (Å²) in [6.45, 7) is 2.24. The third kappa shape index (κ3) is 4.40. The minimum Gasteiger partial charge on any atom is -0.464 e. The fraction of sp³-hybridized carbons (Fsp3) is 0.333. The van der Waals surface area contributed by atoms with E-state index in [-0.39, 0.29) is 25.2 Å². The van der Waals surface area contributed by atoms with E-state index in [4.69, 9.17) is 15.2 Å². The summed E-state index contributed by atoms with van der Waals surface area (Å²) in [6, 6.07) is 9.41. The summed E-state index contributed by atoms with van der Waals surface area (Å²) < 4.78 is 11.8. The Bertz CT molecular complexity index is 569. The van der Waals surface area contributed by atoms with Gasteiger partial charge < -0.3 is 15.2 Å². The number of hydrogen-bond donors (Lipinski definition) is 1. The van der Waals surface area contributed by atoms with Gasteiger partial charge in [0.1, 0.15) is 6.61 Å². The van der Waals surface area contributed by atoms with Gasteiger partial charge in [0.25, 0.3) is 0 Å². The Hall–Kier alpha value is -2.18. The molecule has 0 fully saturated rings. The average Bonchev–Trinajstić information content (AvgIpc) is 2.98. The first-order chi connectivity index (χ1) is 10.2. The highest BCUT2D eigenvalue weighted by Gasteiger charge is 2.11. The zero-order chi connectivity index (χ0) is 15.1. The minimum absolute atomic E-state index is 0.0889. The lowest BCUT2D eigenvalue weighted by Crippen LogP contribution is -2.20. The summed E-state index contributed by atoms with van der Waals surface area (Å²) in [6.07, 6.45) is 3.55. The van der Waals surface area contributed by atoms with Crippen LogP contribution in [-0.4, -0.2) is 35.6 Å². The molecule has 1 aromatic heterocycles. The maximum atomic E-state index is 11.1. The normalized spacial score (nSPS) is 12.1. The van der Waals surface area contributed by atoms with Crippen molar-refractivity contribution in [3.8, 4) is 5.69 Å². The van der Waals surface area contributed by atoms with Gasteiger partial charge in [0, 0.05) is 11.8 Å². The quantitative estimate of drug-likeness (QED) is 0.780. The molecule has 1 aromatic carbocycles. The summed E-state index contributed by atoms with van der Waals surface area (Å²) in [5, 5.41) is 4.27. The molecule has 2 N–H and O–H groups in total. The van der Waals surface area contributed by atoms with Crippen molar-refractivity contribution < 1.29 is 14.3 Å². The van der Waals surface area contributed by atoms with Crippen LogP contribution in [0.5, 0.6) is 0 Å². The van der Waals surface area contributed by atoms with E-state index in [1.807, 2.05) is 36.5 Å². The number of ether oxygens (including phenoxy) is 2. The number of carbonyl (C=O) groups is 1. The van der Waals surface area contributed by atoms with Crippen molar-refractivity contribution in [3.63, 3.8) is 0 Å². The van der Waals surface area contributed by atoms with E-state index in [1.165, 1.54) is 0 Å².